The van der Waals surface area contributed by atoms with Crippen molar-refractivity contribution in [2.24, 2.45) is 0 Å². The number of unbranched alkanes of at least 4 members (excludes halogenated alkanes) is 27. The van der Waals surface area contributed by atoms with E-state index in [0.717, 1.165) is 63.6 Å². The molecule has 0 bridgehead atoms. The van der Waals surface area contributed by atoms with E-state index < -0.39 is 23.8 Å². The van der Waals surface area contributed by atoms with E-state index in [2.05, 4.69) is 31.4 Å². The molecule has 4 heterocycles. The highest BCUT2D eigenvalue weighted by Crippen LogP contribution is 2.42. The van der Waals surface area contributed by atoms with Crippen molar-refractivity contribution in [1.82, 2.24) is 10.6 Å². The van der Waals surface area contributed by atoms with Crippen molar-refractivity contribution in [1.29, 1.82) is 0 Å². The average Bonchev–Trinajstić information content (AvgIpc) is 4.20. The summed E-state index contributed by atoms with van der Waals surface area (Å²) in [5, 5.41) is 4.22. The maximum Gasteiger partial charge on any atom is 0.348 e. The molecule has 74 heavy (non-hydrogen) atoms. The molecule has 1 fully saturated rings. The molecule has 4 aromatic rings. The molecule has 0 radical (unpaired) electrons. The van der Waals surface area contributed by atoms with Crippen molar-refractivity contribution in [2.45, 2.75) is 220 Å². The van der Waals surface area contributed by atoms with Gasteiger partial charge in [-0.2, -0.15) is 0 Å². The fourth-order valence-corrected chi connectivity index (χ4v) is 12.1. The predicted molar refractivity (Wildman–Crippen MR) is 308 cm³/mol. The minimum absolute atomic E-state index is 0.0632. The van der Waals surface area contributed by atoms with Gasteiger partial charge >= 0.3 is 12.0 Å². The Morgan fingerprint density at radius 3 is 1.30 bits per heavy atom. The van der Waals surface area contributed by atoms with E-state index in [-0.39, 0.29) is 12.2 Å². The number of esters is 1. The van der Waals surface area contributed by atoms with Gasteiger partial charge in [0, 0.05) is 24.4 Å². The Morgan fingerprint density at radius 1 is 0.459 bits per heavy atom. The van der Waals surface area contributed by atoms with E-state index in [1.807, 2.05) is 48.5 Å². The van der Waals surface area contributed by atoms with Crippen LogP contribution in [0.15, 0.2) is 54.1 Å². The van der Waals surface area contributed by atoms with Gasteiger partial charge < -0.3 is 18.9 Å². The van der Waals surface area contributed by atoms with Gasteiger partial charge in [0.1, 0.15) is 17.1 Å². The number of amides is 4. The number of barbiturate groups is 1. The third kappa shape index (κ3) is 22.8. The molecule has 10 nitrogen and oxygen atoms in total. The Hall–Kier alpha value is -4.46. The first-order chi connectivity index (χ1) is 36.3. The van der Waals surface area contributed by atoms with Gasteiger partial charge in [0.25, 0.3) is 11.8 Å². The van der Waals surface area contributed by atoms with Crippen LogP contribution in [0.3, 0.4) is 0 Å². The number of benzene rings is 1. The third-order valence-corrected chi connectivity index (χ3v) is 17.0. The molecule has 1 saturated heterocycles. The zero-order chi connectivity index (χ0) is 52.4. The number of hydrogen-bond acceptors (Lipinski definition) is 11. The summed E-state index contributed by atoms with van der Waals surface area (Å²) >= 11 is 4.41. The summed E-state index contributed by atoms with van der Waals surface area (Å²) in [5.74, 6) is 0.127. The van der Waals surface area contributed by atoms with Gasteiger partial charge in [-0.25, -0.2) is 9.59 Å². The summed E-state index contributed by atoms with van der Waals surface area (Å²) in [6.07, 6.45) is 39.1. The van der Waals surface area contributed by atoms with Crippen LogP contribution in [0.4, 0.5) is 4.79 Å². The van der Waals surface area contributed by atoms with Crippen LogP contribution in [0.2, 0.25) is 0 Å². The van der Waals surface area contributed by atoms with E-state index in [1.165, 1.54) is 183 Å². The van der Waals surface area contributed by atoms with Crippen molar-refractivity contribution in [3.63, 3.8) is 0 Å². The van der Waals surface area contributed by atoms with Crippen molar-refractivity contribution < 1.29 is 38.1 Å². The molecule has 2 N–H and O–H groups in total. The van der Waals surface area contributed by atoms with Gasteiger partial charge in [0.15, 0.2) is 11.5 Å². The number of hydrogen-bond donors (Lipinski definition) is 2. The first kappa shape index (κ1) is 60.4. The van der Waals surface area contributed by atoms with Gasteiger partial charge in [-0.05, 0) is 79.4 Å². The van der Waals surface area contributed by atoms with Gasteiger partial charge in [-0.3, -0.25) is 20.2 Å². The summed E-state index contributed by atoms with van der Waals surface area (Å²) in [7, 11) is 0. The molecule has 13 heteroatoms. The van der Waals surface area contributed by atoms with E-state index in [1.54, 1.807) is 11.3 Å². The Morgan fingerprint density at radius 2 is 0.838 bits per heavy atom. The highest BCUT2D eigenvalue weighted by Gasteiger charge is 2.28. The van der Waals surface area contributed by atoms with Crippen LogP contribution < -0.4 is 24.8 Å². The van der Waals surface area contributed by atoms with Crippen LogP contribution >= 0.6 is 34.0 Å². The number of nitrogens with one attached hydrogen (secondary N) is 2. The summed E-state index contributed by atoms with van der Waals surface area (Å²) in [6, 6.07) is 14.7. The number of imide groups is 2. The fourth-order valence-electron chi connectivity index (χ4n) is 9.09. The van der Waals surface area contributed by atoms with Crippen LogP contribution in [0.1, 0.15) is 234 Å². The fraction of sp³-hybridized carbons (Fsp3) is 0.607. The van der Waals surface area contributed by atoms with Crippen molar-refractivity contribution in [2.75, 3.05) is 19.8 Å². The lowest BCUT2D eigenvalue weighted by Gasteiger charge is -2.19. The van der Waals surface area contributed by atoms with Gasteiger partial charge in [-0.1, -0.05) is 194 Å². The lowest BCUT2D eigenvalue weighted by Crippen LogP contribution is -2.51. The molecule has 0 unspecified atom stereocenters. The summed E-state index contributed by atoms with van der Waals surface area (Å²) in [4.78, 5) is 54.8. The largest absolute Gasteiger partial charge is 0.490 e. The van der Waals surface area contributed by atoms with E-state index in [4.69, 9.17) is 18.9 Å². The SMILES string of the molecule is CCCCCCCCCCCCOc1cc(COC(=O)c2ccc(-c3ccc(-c4ccc(C=C5C(=O)NC(=O)NC5=O)s4)s3)s2)cc(OCCCCCCCCCCCC)c1OCCCCCCCCCCCC. The second-order valence-electron chi connectivity index (χ2n) is 19.9. The second kappa shape index (κ2) is 36.5. The van der Waals surface area contributed by atoms with E-state index in [9.17, 15) is 19.2 Å². The number of carbonyl (C=O) groups is 4. The minimum Gasteiger partial charge on any atom is -0.490 e. The lowest BCUT2D eigenvalue weighted by atomic mass is 10.1. The molecule has 5 rings (SSSR count). The molecule has 0 atom stereocenters. The maximum absolute atomic E-state index is 13.7. The molecule has 1 aromatic carbocycles. The van der Waals surface area contributed by atoms with Gasteiger partial charge in [0.05, 0.1) is 19.8 Å². The van der Waals surface area contributed by atoms with Crippen LogP contribution in [0.25, 0.3) is 25.6 Å². The Balaban J connectivity index is 1.22. The first-order valence-electron chi connectivity index (χ1n) is 28.7. The van der Waals surface area contributed by atoms with Crippen LogP contribution in [-0.2, 0) is 20.9 Å². The van der Waals surface area contributed by atoms with Crippen molar-refractivity contribution in [3.8, 4) is 36.8 Å². The number of rotatable bonds is 42. The first-order valence-corrected chi connectivity index (χ1v) is 31.2. The Bertz CT molecular complexity index is 2210. The zero-order valence-corrected chi connectivity index (χ0v) is 47.7. The third-order valence-electron chi connectivity index (χ3n) is 13.5. The lowest BCUT2D eigenvalue weighted by molar-refractivity contribution is -0.123. The molecule has 4 amide bonds. The molecule has 1 aliphatic heterocycles. The smallest absolute Gasteiger partial charge is 0.348 e. The molecular weight excluding hydrogens is 985 g/mol. The molecule has 3 aromatic heterocycles. The summed E-state index contributed by atoms with van der Waals surface area (Å²) in [6.45, 7) is 8.63. The predicted octanol–water partition coefficient (Wildman–Crippen LogP) is 18.2. The Kier molecular flexibility index (Phi) is 29.8. The minimum atomic E-state index is -0.826. The normalized spacial score (nSPS) is 12.5. The number of urea groups is 1. The van der Waals surface area contributed by atoms with Crippen LogP contribution in [-0.4, -0.2) is 43.6 Å². The van der Waals surface area contributed by atoms with Crippen molar-refractivity contribution in [3.05, 3.63) is 69.4 Å². The standard InChI is InChI=1S/C61H88N2O8S3/c1-4-7-10-13-16-19-22-25-28-31-40-68-50-43-47(44-51(69-41-32-29-26-23-20-17-14-11-8-5-2)57(50)70-42-33-30-27-24-21-18-15-12-9-6-3)46-71-60(66)56-39-38-55(74-56)54-37-36-53(73-54)52-35-34-48(72-52)45-49-58(64)62-61(67)63-59(49)65/h34-39,43-45H,4-33,40-42,46H2,1-3H3,(H2,62,63,64,65,67). The van der Waals surface area contributed by atoms with Crippen LogP contribution in [0, 0.1) is 0 Å². The molecule has 408 valence electrons. The molecular formula is C61H88N2O8S3. The number of carbonyl (C=O) groups excluding carboxylic acids is 4. The molecule has 0 saturated carbocycles. The molecule has 0 spiro atoms. The summed E-state index contributed by atoms with van der Waals surface area (Å²) < 4.78 is 25.8. The maximum atomic E-state index is 13.7. The zero-order valence-electron chi connectivity index (χ0n) is 45.2. The number of ether oxygens (including phenoxy) is 4. The highest BCUT2D eigenvalue weighted by atomic mass is 32.1. The summed E-state index contributed by atoms with van der Waals surface area (Å²) in [5.41, 5.74) is 0.676. The number of thiophene rings is 3. The molecule has 1 aliphatic rings. The van der Waals surface area contributed by atoms with E-state index >= 15 is 0 Å². The van der Waals surface area contributed by atoms with E-state index in [0.29, 0.717) is 46.8 Å². The average molecular weight is 1070 g/mol. The van der Waals surface area contributed by atoms with Gasteiger partial charge in [-0.15, -0.1) is 34.0 Å². The quantitative estimate of drug-likeness (QED) is 0.0194. The Labute approximate surface area is 456 Å². The topological polar surface area (TPSA) is 129 Å². The molecule has 0 aliphatic carbocycles. The van der Waals surface area contributed by atoms with Gasteiger partial charge in [0.2, 0.25) is 5.75 Å². The monoisotopic (exact) mass is 1070 g/mol. The highest BCUT2D eigenvalue weighted by molar-refractivity contribution is 7.27. The van der Waals surface area contributed by atoms with Crippen molar-refractivity contribution >= 4 is 63.9 Å². The van der Waals surface area contributed by atoms with Crippen LogP contribution in [0.5, 0.6) is 17.2 Å². The second-order valence-corrected chi connectivity index (χ2v) is 23.2.